The Labute approximate surface area is 129 Å². The summed E-state index contributed by atoms with van der Waals surface area (Å²) in [5.41, 5.74) is -5.11. The van der Waals surface area contributed by atoms with Crippen LogP contribution in [0.4, 0.5) is 13.2 Å². The van der Waals surface area contributed by atoms with Crippen LogP contribution in [0.2, 0.25) is 0 Å². The van der Waals surface area contributed by atoms with Crippen molar-refractivity contribution in [3.8, 4) is 5.75 Å². The van der Waals surface area contributed by atoms with Crippen molar-refractivity contribution in [2.75, 3.05) is 0 Å². The van der Waals surface area contributed by atoms with Gasteiger partial charge in [-0.3, -0.25) is 0 Å². The van der Waals surface area contributed by atoms with Crippen LogP contribution in [0.5, 0.6) is 5.75 Å². The molecule has 1 fully saturated rings. The van der Waals surface area contributed by atoms with Crippen LogP contribution in [-0.2, 0) is 19.6 Å². The SMILES string of the molecule is O=C[C@H]1CC[C@H](O)O[C@H]1c1ccc(OS(=O)(=O)C(F)(F)F)cc1. The van der Waals surface area contributed by atoms with Gasteiger partial charge in [0.15, 0.2) is 6.29 Å². The van der Waals surface area contributed by atoms with Gasteiger partial charge >= 0.3 is 15.6 Å². The standard InChI is InChI=1S/C13H13F3O6S/c14-13(15,16)23(19,20)22-10-4-1-8(2-5-10)12-9(7-17)3-6-11(18)21-12/h1-2,4-5,7,9,11-12,18H,3,6H2/t9-,11-,12+/m1/s1. The predicted molar refractivity (Wildman–Crippen MR) is 70.7 cm³/mol. The average Bonchev–Trinajstić information content (AvgIpc) is 2.46. The number of rotatable bonds is 4. The number of ether oxygens (including phenoxy) is 1. The number of aliphatic hydroxyl groups is 1. The van der Waals surface area contributed by atoms with Crippen LogP contribution in [0.1, 0.15) is 24.5 Å². The van der Waals surface area contributed by atoms with Gasteiger partial charge in [-0.2, -0.15) is 21.6 Å². The summed E-state index contributed by atoms with van der Waals surface area (Å²) in [5, 5.41) is 9.48. The molecule has 1 N–H and O–H groups in total. The highest BCUT2D eigenvalue weighted by Crippen LogP contribution is 2.35. The second-order valence-corrected chi connectivity index (χ2v) is 6.48. The molecule has 1 heterocycles. The summed E-state index contributed by atoms with van der Waals surface area (Å²) >= 11 is 0. The lowest BCUT2D eigenvalue weighted by atomic mass is 9.90. The number of benzene rings is 1. The molecule has 128 valence electrons. The first-order valence-electron chi connectivity index (χ1n) is 6.53. The minimum absolute atomic E-state index is 0.297. The summed E-state index contributed by atoms with van der Waals surface area (Å²) in [6.07, 6.45) is -0.432. The summed E-state index contributed by atoms with van der Waals surface area (Å²) in [4.78, 5) is 11.0. The molecular formula is C13H13F3O6S. The Morgan fingerprint density at radius 2 is 1.83 bits per heavy atom. The highest BCUT2D eigenvalue weighted by molar-refractivity contribution is 7.87. The third kappa shape index (κ3) is 4.01. The predicted octanol–water partition coefficient (Wildman–Crippen LogP) is 1.90. The molecule has 1 aliphatic heterocycles. The van der Waals surface area contributed by atoms with E-state index in [1.54, 1.807) is 0 Å². The van der Waals surface area contributed by atoms with Crippen LogP contribution in [0.25, 0.3) is 0 Å². The first-order chi connectivity index (χ1) is 10.6. The number of carbonyl (C=O) groups is 1. The topological polar surface area (TPSA) is 89.9 Å². The van der Waals surface area contributed by atoms with Gasteiger partial charge in [-0.05, 0) is 30.5 Å². The maximum absolute atomic E-state index is 12.2. The smallest absolute Gasteiger partial charge is 0.376 e. The second-order valence-electron chi connectivity index (χ2n) is 4.94. The highest BCUT2D eigenvalue weighted by Gasteiger charge is 2.48. The van der Waals surface area contributed by atoms with Gasteiger partial charge in [-0.1, -0.05) is 12.1 Å². The van der Waals surface area contributed by atoms with E-state index in [9.17, 15) is 31.5 Å². The van der Waals surface area contributed by atoms with Gasteiger partial charge in [0, 0.05) is 5.92 Å². The van der Waals surface area contributed by atoms with Crippen LogP contribution in [0.15, 0.2) is 24.3 Å². The third-order valence-corrected chi connectivity index (χ3v) is 4.29. The Balaban J connectivity index is 2.17. The van der Waals surface area contributed by atoms with E-state index in [2.05, 4.69) is 4.18 Å². The molecule has 6 nitrogen and oxygen atoms in total. The Bertz CT molecular complexity index is 655. The van der Waals surface area contributed by atoms with Crippen molar-refractivity contribution in [1.82, 2.24) is 0 Å². The molecule has 3 atom stereocenters. The van der Waals surface area contributed by atoms with Crippen molar-refractivity contribution in [2.45, 2.75) is 30.7 Å². The van der Waals surface area contributed by atoms with Crippen LogP contribution in [0.3, 0.4) is 0 Å². The van der Waals surface area contributed by atoms with E-state index in [0.717, 1.165) is 12.1 Å². The van der Waals surface area contributed by atoms with E-state index < -0.39 is 39.7 Å². The Hall–Kier alpha value is -1.65. The van der Waals surface area contributed by atoms with E-state index in [1.807, 2.05) is 0 Å². The van der Waals surface area contributed by atoms with E-state index >= 15 is 0 Å². The van der Waals surface area contributed by atoms with Crippen LogP contribution >= 0.6 is 0 Å². The first kappa shape index (κ1) is 17.7. The molecular weight excluding hydrogens is 341 g/mol. The number of aliphatic hydroxyl groups excluding tert-OH is 1. The van der Waals surface area contributed by atoms with E-state index in [1.165, 1.54) is 12.1 Å². The molecule has 0 saturated carbocycles. The zero-order chi connectivity index (χ0) is 17.3. The van der Waals surface area contributed by atoms with Gasteiger partial charge < -0.3 is 18.8 Å². The minimum Gasteiger partial charge on any atom is -0.376 e. The summed E-state index contributed by atoms with van der Waals surface area (Å²) < 4.78 is 67.7. The minimum atomic E-state index is -5.74. The van der Waals surface area contributed by atoms with Crippen molar-refractivity contribution in [1.29, 1.82) is 0 Å². The second kappa shape index (κ2) is 6.46. The van der Waals surface area contributed by atoms with Crippen molar-refractivity contribution in [3.05, 3.63) is 29.8 Å². The summed E-state index contributed by atoms with van der Waals surface area (Å²) in [6.45, 7) is 0. The summed E-state index contributed by atoms with van der Waals surface area (Å²) in [7, 11) is -5.74. The van der Waals surface area contributed by atoms with E-state index in [4.69, 9.17) is 4.74 Å². The first-order valence-corrected chi connectivity index (χ1v) is 7.94. The Kier molecular flexibility index (Phi) is 4.97. The van der Waals surface area contributed by atoms with Gasteiger partial charge in [0.05, 0.1) is 6.10 Å². The molecule has 1 aliphatic rings. The molecule has 23 heavy (non-hydrogen) atoms. The third-order valence-electron chi connectivity index (χ3n) is 3.31. The number of hydrogen-bond donors (Lipinski definition) is 1. The molecule has 1 aromatic rings. The van der Waals surface area contributed by atoms with Crippen molar-refractivity contribution < 1.29 is 40.4 Å². The van der Waals surface area contributed by atoms with Crippen molar-refractivity contribution in [2.24, 2.45) is 5.92 Å². The molecule has 0 aromatic heterocycles. The molecule has 0 amide bonds. The molecule has 1 aromatic carbocycles. The normalized spacial score (nSPS) is 25.8. The van der Waals surface area contributed by atoms with Gasteiger partial charge in [-0.25, -0.2) is 0 Å². The number of alkyl halides is 3. The zero-order valence-corrected chi connectivity index (χ0v) is 12.4. The number of hydrogen-bond acceptors (Lipinski definition) is 6. The lowest BCUT2D eigenvalue weighted by molar-refractivity contribution is -0.183. The van der Waals surface area contributed by atoms with Crippen LogP contribution in [0, 0.1) is 5.92 Å². The van der Waals surface area contributed by atoms with Crippen LogP contribution in [-0.4, -0.2) is 31.6 Å². The molecule has 0 radical (unpaired) electrons. The Morgan fingerprint density at radius 1 is 1.22 bits per heavy atom. The Morgan fingerprint density at radius 3 is 2.35 bits per heavy atom. The molecule has 0 bridgehead atoms. The van der Waals surface area contributed by atoms with Gasteiger partial charge in [0.25, 0.3) is 0 Å². The summed E-state index contributed by atoms with van der Waals surface area (Å²) in [5.74, 6) is -1.03. The average molecular weight is 354 g/mol. The number of carbonyl (C=O) groups excluding carboxylic acids is 1. The van der Waals surface area contributed by atoms with Gasteiger partial charge in [-0.15, -0.1) is 0 Å². The van der Waals surface area contributed by atoms with E-state index in [0.29, 0.717) is 24.7 Å². The maximum atomic E-state index is 12.2. The lowest BCUT2D eigenvalue weighted by Crippen LogP contribution is -2.30. The molecule has 0 unspecified atom stereocenters. The summed E-state index contributed by atoms with van der Waals surface area (Å²) in [6, 6.07) is 4.59. The maximum Gasteiger partial charge on any atom is 0.534 e. The lowest BCUT2D eigenvalue weighted by Gasteiger charge is -2.31. The molecule has 2 rings (SSSR count). The van der Waals surface area contributed by atoms with Crippen molar-refractivity contribution in [3.63, 3.8) is 0 Å². The molecule has 1 saturated heterocycles. The fourth-order valence-corrected chi connectivity index (χ4v) is 2.64. The molecule has 10 heteroatoms. The molecule has 0 spiro atoms. The quantitative estimate of drug-likeness (QED) is 0.505. The number of aldehydes is 1. The van der Waals surface area contributed by atoms with Gasteiger partial charge in [0.2, 0.25) is 0 Å². The fraction of sp³-hybridized carbons (Fsp3) is 0.462. The fourth-order valence-electron chi connectivity index (χ4n) is 2.18. The molecule has 0 aliphatic carbocycles. The zero-order valence-electron chi connectivity index (χ0n) is 11.6. The highest BCUT2D eigenvalue weighted by atomic mass is 32.2. The van der Waals surface area contributed by atoms with Gasteiger partial charge in [0.1, 0.15) is 12.0 Å². The largest absolute Gasteiger partial charge is 0.534 e. The monoisotopic (exact) mass is 354 g/mol. The van der Waals surface area contributed by atoms with Crippen LogP contribution < -0.4 is 4.18 Å². The number of halogens is 3. The van der Waals surface area contributed by atoms with Crippen molar-refractivity contribution >= 4 is 16.4 Å². The van der Waals surface area contributed by atoms with E-state index in [-0.39, 0.29) is 0 Å².